The normalized spacial score (nSPS) is 41.8. The highest BCUT2D eigenvalue weighted by atomic mass is 19.4. The van der Waals surface area contributed by atoms with E-state index in [4.69, 9.17) is 4.74 Å². The minimum atomic E-state index is -5.03. The largest absolute Gasteiger partial charge is 0.490 e. The summed E-state index contributed by atoms with van der Waals surface area (Å²) >= 11 is 0. The highest BCUT2D eigenvalue weighted by molar-refractivity contribution is 5.80. The van der Waals surface area contributed by atoms with Gasteiger partial charge in [-0.15, -0.1) is 0 Å². The lowest BCUT2D eigenvalue weighted by Gasteiger charge is -2.50. The van der Waals surface area contributed by atoms with E-state index in [0.29, 0.717) is 51.1 Å². The molecule has 160 valence electrons. The van der Waals surface area contributed by atoms with Crippen molar-refractivity contribution in [1.29, 1.82) is 0 Å². The van der Waals surface area contributed by atoms with E-state index < -0.39 is 23.3 Å². The molecule has 9 heteroatoms. The average Bonchev–Trinajstić information content (AvgIpc) is 3.27. The zero-order chi connectivity index (χ0) is 20.7. The van der Waals surface area contributed by atoms with Gasteiger partial charge in [-0.2, -0.15) is 13.2 Å². The molecule has 0 N–H and O–H groups in total. The summed E-state index contributed by atoms with van der Waals surface area (Å²) in [5, 5.41) is 0. The van der Waals surface area contributed by atoms with Crippen LogP contribution in [0.3, 0.4) is 0 Å². The SMILES string of the molecule is O=CN(CC(=O)N1CCCC1)C12CC3CC4CC(OC(=O)C(F)(F)F)(CC43C1)C2. The molecule has 1 saturated heterocycles. The number of fused-ring (bicyclic) bond motifs is 2. The minimum Gasteiger partial charge on any atom is -0.452 e. The fraction of sp³-hybridized carbons (Fsp3) is 0.850. The third kappa shape index (κ3) is 2.64. The first-order valence-corrected chi connectivity index (χ1v) is 10.4. The number of hydrogen-bond acceptors (Lipinski definition) is 4. The van der Waals surface area contributed by atoms with Gasteiger partial charge in [0.25, 0.3) is 0 Å². The Morgan fingerprint density at radius 1 is 1.10 bits per heavy atom. The van der Waals surface area contributed by atoms with Gasteiger partial charge in [-0.05, 0) is 62.2 Å². The van der Waals surface area contributed by atoms with Crippen LogP contribution in [-0.2, 0) is 19.1 Å². The van der Waals surface area contributed by atoms with E-state index in [1.54, 1.807) is 4.90 Å². The summed E-state index contributed by atoms with van der Waals surface area (Å²) in [5.74, 6) is -1.70. The zero-order valence-electron chi connectivity index (χ0n) is 16.2. The Morgan fingerprint density at radius 3 is 2.45 bits per heavy atom. The van der Waals surface area contributed by atoms with Crippen molar-refractivity contribution in [2.45, 2.75) is 68.7 Å². The van der Waals surface area contributed by atoms with Crippen LogP contribution in [0.1, 0.15) is 51.4 Å². The second-order valence-corrected chi connectivity index (χ2v) is 9.92. The molecule has 3 bridgehead atoms. The van der Waals surface area contributed by atoms with Crippen molar-refractivity contribution in [1.82, 2.24) is 9.80 Å². The molecule has 5 fully saturated rings. The van der Waals surface area contributed by atoms with Crippen molar-refractivity contribution in [3.8, 4) is 0 Å². The molecule has 0 aromatic carbocycles. The van der Waals surface area contributed by atoms with Crippen LogP contribution < -0.4 is 0 Å². The maximum atomic E-state index is 12.9. The highest BCUT2D eigenvalue weighted by Crippen LogP contribution is 2.78. The maximum Gasteiger partial charge on any atom is 0.490 e. The predicted molar refractivity (Wildman–Crippen MR) is 93.3 cm³/mol. The van der Waals surface area contributed by atoms with E-state index in [1.807, 2.05) is 0 Å². The van der Waals surface area contributed by atoms with E-state index >= 15 is 0 Å². The topological polar surface area (TPSA) is 66.9 Å². The van der Waals surface area contributed by atoms with E-state index in [-0.39, 0.29) is 30.2 Å². The molecule has 4 aliphatic carbocycles. The first-order valence-electron chi connectivity index (χ1n) is 10.4. The number of alkyl halides is 3. The summed E-state index contributed by atoms with van der Waals surface area (Å²) in [6.45, 7) is 1.31. The van der Waals surface area contributed by atoms with Gasteiger partial charge in [0.2, 0.25) is 12.3 Å². The molecule has 1 aliphatic heterocycles. The van der Waals surface area contributed by atoms with Crippen LogP contribution in [0.15, 0.2) is 0 Å². The van der Waals surface area contributed by atoms with Crippen LogP contribution in [0.4, 0.5) is 13.2 Å². The van der Waals surface area contributed by atoms with Crippen molar-refractivity contribution in [2.75, 3.05) is 19.6 Å². The van der Waals surface area contributed by atoms with Crippen LogP contribution in [0.2, 0.25) is 0 Å². The number of ether oxygens (including phenoxy) is 1. The summed E-state index contributed by atoms with van der Waals surface area (Å²) in [6, 6.07) is 0. The Labute approximate surface area is 166 Å². The Morgan fingerprint density at radius 2 is 1.79 bits per heavy atom. The van der Waals surface area contributed by atoms with Crippen LogP contribution >= 0.6 is 0 Å². The van der Waals surface area contributed by atoms with Gasteiger partial charge in [0.1, 0.15) is 12.1 Å². The van der Waals surface area contributed by atoms with Crippen molar-refractivity contribution >= 4 is 18.3 Å². The van der Waals surface area contributed by atoms with Crippen LogP contribution in [0, 0.1) is 17.3 Å². The third-order valence-electron chi connectivity index (χ3n) is 8.44. The lowest BCUT2D eigenvalue weighted by Crippen LogP contribution is -2.57. The fourth-order valence-electron chi connectivity index (χ4n) is 7.55. The lowest BCUT2D eigenvalue weighted by molar-refractivity contribution is -0.218. The second kappa shape index (κ2) is 5.88. The van der Waals surface area contributed by atoms with Gasteiger partial charge in [0, 0.05) is 25.0 Å². The molecule has 6 nitrogen and oxygen atoms in total. The van der Waals surface area contributed by atoms with Crippen molar-refractivity contribution in [2.24, 2.45) is 17.3 Å². The zero-order valence-corrected chi connectivity index (χ0v) is 16.2. The molecule has 4 saturated carbocycles. The molecule has 0 aromatic rings. The molecule has 0 aromatic heterocycles. The van der Waals surface area contributed by atoms with Crippen LogP contribution in [-0.4, -0.2) is 65.0 Å². The van der Waals surface area contributed by atoms with Gasteiger partial charge in [-0.3, -0.25) is 9.59 Å². The molecule has 1 heterocycles. The number of hydrogen-bond donors (Lipinski definition) is 0. The van der Waals surface area contributed by atoms with Crippen molar-refractivity contribution in [3.05, 3.63) is 0 Å². The molecule has 5 rings (SSSR count). The highest BCUT2D eigenvalue weighted by Gasteiger charge is 2.77. The Balaban J connectivity index is 1.42. The third-order valence-corrected chi connectivity index (χ3v) is 8.44. The maximum absolute atomic E-state index is 12.9. The van der Waals surface area contributed by atoms with Gasteiger partial charge < -0.3 is 14.5 Å². The van der Waals surface area contributed by atoms with Gasteiger partial charge in [0.15, 0.2) is 0 Å². The quantitative estimate of drug-likeness (QED) is 0.511. The molecule has 5 atom stereocenters. The molecule has 0 radical (unpaired) electrons. The Kier molecular flexibility index (Phi) is 3.89. The lowest BCUT2D eigenvalue weighted by atomic mass is 9.56. The average molecular weight is 414 g/mol. The predicted octanol–water partition coefficient (Wildman–Crippen LogP) is 2.26. The number of nitrogens with zero attached hydrogens (tertiary/aromatic N) is 2. The molecule has 5 unspecified atom stereocenters. The van der Waals surface area contributed by atoms with Gasteiger partial charge in [-0.1, -0.05) is 0 Å². The number of halogens is 3. The number of carbonyl (C=O) groups excluding carboxylic acids is 3. The van der Waals surface area contributed by atoms with Crippen molar-refractivity contribution < 1.29 is 32.3 Å². The fourth-order valence-corrected chi connectivity index (χ4v) is 7.55. The van der Waals surface area contributed by atoms with E-state index in [0.717, 1.165) is 19.3 Å². The summed E-state index contributed by atoms with van der Waals surface area (Å²) in [4.78, 5) is 39.7. The van der Waals surface area contributed by atoms with Gasteiger partial charge >= 0.3 is 12.1 Å². The number of carbonyl (C=O) groups is 3. The Bertz CT molecular complexity index is 767. The van der Waals surface area contributed by atoms with Crippen molar-refractivity contribution in [3.63, 3.8) is 0 Å². The van der Waals surface area contributed by atoms with Gasteiger partial charge in [0.05, 0.1) is 0 Å². The summed E-state index contributed by atoms with van der Waals surface area (Å²) in [6.07, 6.45) is 0.895. The number of rotatable bonds is 5. The smallest absolute Gasteiger partial charge is 0.452 e. The monoisotopic (exact) mass is 414 g/mol. The minimum absolute atomic E-state index is 0.0553. The summed E-state index contributed by atoms with van der Waals surface area (Å²) < 4.78 is 43.9. The van der Waals surface area contributed by atoms with Gasteiger partial charge in [-0.25, -0.2) is 4.79 Å². The first-order chi connectivity index (χ1) is 13.6. The number of likely N-dealkylation sites (tertiary alicyclic amines) is 1. The molecule has 2 amide bonds. The second-order valence-electron chi connectivity index (χ2n) is 9.92. The number of amides is 2. The van der Waals surface area contributed by atoms with Crippen LogP contribution in [0.5, 0.6) is 0 Å². The van der Waals surface area contributed by atoms with E-state index in [2.05, 4.69) is 0 Å². The van der Waals surface area contributed by atoms with Crippen LogP contribution in [0.25, 0.3) is 0 Å². The molecular weight excluding hydrogens is 389 g/mol. The molecule has 5 aliphatic rings. The number of esters is 1. The standard InChI is InChI=1S/C20H25F3N2O4/c21-20(22,23)16(28)29-18-7-14-5-13-6-17(9-18,10-19(13,14)11-18)25(12-26)8-15(27)24-3-1-2-4-24/h12-14H,1-11H2. The van der Waals surface area contributed by atoms with E-state index in [1.165, 1.54) is 4.90 Å². The molecule has 29 heavy (non-hydrogen) atoms. The molecular formula is C20H25F3N2O4. The first kappa shape index (κ1) is 19.2. The molecule has 1 spiro atoms. The Hall–Kier alpha value is -1.80. The summed E-state index contributed by atoms with van der Waals surface area (Å²) in [5.41, 5.74) is -2.03. The van der Waals surface area contributed by atoms with E-state index in [9.17, 15) is 27.6 Å². The summed E-state index contributed by atoms with van der Waals surface area (Å²) in [7, 11) is 0.